The Hall–Kier alpha value is -2.64. The maximum atomic E-state index is 13.4. The van der Waals surface area contributed by atoms with Crippen LogP contribution < -0.4 is 5.69 Å². The van der Waals surface area contributed by atoms with E-state index in [0.717, 1.165) is 49.1 Å². The predicted molar refractivity (Wildman–Crippen MR) is 149 cm³/mol. The molecule has 37 heavy (non-hydrogen) atoms. The number of carbonyl (C=O) groups is 1. The number of Topliss-reactive ketones (excluding diaryl/α,β-unsaturated/α-hetero) is 1. The first-order valence-electron chi connectivity index (χ1n) is 12.0. The Balaban J connectivity index is 0.00000320. The molecule has 194 valence electrons. The van der Waals surface area contributed by atoms with E-state index in [2.05, 4.69) is 4.90 Å². The van der Waals surface area contributed by atoms with Gasteiger partial charge in [-0.05, 0) is 80.0 Å². The number of aromatic nitrogens is 2. The molecule has 2 heterocycles. The predicted octanol–water partition coefficient (Wildman–Crippen LogP) is 6.31. The van der Waals surface area contributed by atoms with Gasteiger partial charge in [-0.25, -0.2) is 9.18 Å². The molecule has 0 amide bonds. The number of ketones is 1. The van der Waals surface area contributed by atoms with Crippen molar-refractivity contribution < 1.29 is 9.18 Å². The minimum atomic E-state index is -0.338. The van der Waals surface area contributed by atoms with Crippen molar-refractivity contribution in [3.05, 3.63) is 104 Å². The molecule has 9 heteroatoms. The number of carbonyl (C=O) groups excluding carboxylic acids is 1. The van der Waals surface area contributed by atoms with Crippen LogP contribution in [0, 0.1) is 11.7 Å². The van der Waals surface area contributed by atoms with E-state index in [1.165, 1.54) is 12.1 Å². The number of hydrogen-bond donors (Lipinski definition) is 0. The number of fused-ring (bicyclic) bond motifs is 1. The second-order valence-electron chi connectivity index (χ2n) is 9.24. The molecule has 5 nitrogen and oxygen atoms in total. The number of benzene rings is 3. The van der Waals surface area contributed by atoms with E-state index in [1.807, 2.05) is 34.9 Å². The van der Waals surface area contributed by atoms with Gasteiger partial charge in [0.15, 0.2) is 5.78 Å². The number of halogens is 4. The summed E-state index contributed by atoms with van der Waals surface area (Å²) in [6.45, 7) is 3.26. The van der Waals surface area contributed by atoms with Gasteiger partial charge < -0.3 is 4.90 Å². The summed E-state index contributed by atoms with van der Waals surface area (Å²) in [6.07, 6.45) is 1.51. The standard InChI is InChI=1S/C28H26Cl2FN3O2.ClH/c29-23-10-5-19(17-24(23)30)18-34-26-4-2-1-3-25(26)33(28(34)36)16-15-32-13-11-21(12-14-32)27(35)20-6-8-22(31)9-7-20;/h1-10,17,21H,11-16,18H2;1H. The van der Waals surface area contributed by atoms with E-state index in [9.17, 15) is 14.0 Å². The highest BCUT2D eigenvalue weighted by atomic mass is 35.5. The maximum absolute atomic E-state index is 13.4. The summed E-state index contributed by atoms with van der Waals surface area (Å²) in [7, 11) is 0. The van der Waals surface area contributed by atoms with Crippen LogP contribution in [0.25, 0.3) is 11.0 Å². The highest BCUT2D eigenvalue weighted by Crippen LogP contribution is 2.24. The number of hydrogen-bond acceptors (Lipinski definition) is 3. The average molecular weight is 563 g/mol. The second kappa shape index (κ2) is 11.8. The van der Waals surface area contributed by atoms with Crippen LogP contribution in [0.2, 0.25) is 10.0 Å². The van der Waals surface area contributed by atoms with Gasteiger partial charge in [-0.2, -0.15) is 0 Å². The van der Waals surface area contributed by atoms with Crippen LogP contribution in [0.5, 0.6) is 0 Å². The zero-order chi connectivity index (χ0) is 25.2. The lowest BCUT2D eigenvalue weighted by Crippen LogP contribution is -2.39. The van der Waals surface area contributed by atoms with Gasteiger partial charge in [0.05, 0.1) is 27.6 Å². The smallest absolute Gasteiger partial charge is 0.302 e. The van der Waals surface area contributed by atoms with Gasteiger partial charge in [0.2, 0.25) is 0 Å². The van der Waals surface area contributed by atoms with E-state index >= 15 is 0 Å². The first kappa shape index (κ1) is 27.4. The summed E-state index contributed by atoms with van der Waals surface area (Å²) >= 11 is 12.2. The lowest BCUT2D eigenvalue weighted by molar-refractivity contribution is 0.0837. The summed E-state index contributed by atoms with van der Waals surface area (Å²) in [4.78, 5) is 28.5. The van der Waals surface area contributed by atoms with Crippen LogP contribution in [0.15, 0.2) is 71.5 Å². The molecule has 1 aromatic heterocycles. The van der Waals surface area contributed by atoms with Crippen LogP contribution in [0.1, 0.15) is 28.8 Å². The third kappa shape index (κ3) is 5.93. The molecule has 0 saturated carbocycles. The second-order valence-corrected chi connectivity index (χ2v) is 10.1. The van der Waals surface area contributed by atoms with Crippen molar-refractivity contribution in [1.29, 1.82) is 0 Å². The van der Waals surface area contributed by atoms with Crippen molar-refractivity contribution in [3.63, 3.8) is 0 Å². The minimum Gasteiger partial charge on any atom is -0.302 e. The van der Waals surface area contributed by atoms with Crippen LogP contribution in [-0.2, 0) is 13.1 Å². The monoisotopic (exact) mass is 561 g/mol. The summed E-state index contributed by atoms with van der Waals surface area (Å²) in [5.41, 5.74) is 3.17. The molecular formula is C28H27Cl3FN3O2. The molecular weight excluding hydrogens is 536 g/mol. The van der Waals surface area contributed by atoms with E-state index in [0.29, 0.717) is 28.7 Å². The first-order chi connectivity index (χ1) is 17.4. The number of piperidine rings is 1. The molecule has 0 unspecified atom stereocenters. The Bertz CT molecular complexity index is 1460. The molecule has 0 radical (unpaired) electrons. The largest absolute Gasteiger partial charge is 0.329 e. The molecule has 3 aromatic carbocycles. The Kier molecular flexibility index (Phi) is 8.75. The van der Waals surface area contributed by atoms with Crippen molar-refractivity contribution in [2.75, 3.05) is 19.6 Å². The van der Waals surface area contributed by atoms with Gasteiger partial charge in [0, 0.05) is 24.6 Å². The van der Waals surface area contributed by atoms with Crippen LogP contribution >= 0.6 is 35.6 Å². The van der Waals surface area contributed by atoms with Crippen molar-refractivity contribution in [1.82, 2.24) is 14.0 Å². The fourth-order valence-corrected chi connectivity index (χ4v) is 5.29. The number of para-hydroxylation sites is 2. The summed E-state index contributed by atoms with van der Waals surface area (Å²) in [6, 6.07) is 19.0. The van der Waals surface area contributed by atoms with Gasteiger partial charge in [-0.15, -0.1) is 12.4 Å². The van der Waals surface area contributed by atoms with Crippen molar-refractivity contribution >= 4 is 52.4 Å². The fraction of sp³-hybridized carbons (Fsp3) is 0.286. The summed E-state index contributed by atoms with van der Waals surface area (Å²) in [5, 5.41) is 0.950. The van der Waals surface area contributed by atoms with Crippen molar-refractivity contribution in [2.24, 2.45) is 5.92 Å². The van der Waals surface area contributed by atoms with E-state index in [4.69, 9.17) is 23.2 Å². The molecule has 0 N–H and O–H groups in total. The van der Waals surface area contributed by atoms with E-state index in [-0.39, 0.29) is 35.6 Å². The molecule has 5 rings (SSSR count). The van der Waals surface area contributed by atoms with Gasteiger partial charge in [0.25, 0.3) is 0 Å². The van der Waals surface area contributed by atoms with Crippen LogP contribution in [-0.4, -0.2) is 39.5 Å². The Labute approximate surface area is 230 Å². The molecule has 0 spiro atoms. The fourth-order valence-electron chi connectivity index (χ4n) is 4.97. The minimum absolute atomic E-state index is 0. The van der Waals surface area contributed by atoms with E-state index in [1.54, 1.807) is 28.8 Å². The van der Waals surface area contributed by atoms with Crippen molar-refractivity contribution in [2.45, 2.75) is 25.9 Å². The Morgan fingerprint density at radius 3 is 2.16 bits per heavy atom. The Morgan fingerprint density at radius 2 is 1.51 bits per heavy atom. The number of nitrogens with zero attached hydrogens (tertiary/aromatic N) is 3. The topological polar surface area (TPSA) is 47.2 Å². The average Bonchev–Trinajstić information content (AvgIpc) is 3.16. The molecule has 1 aliphatic rings. The third-order valence-electron chi connectivity index (χ3n) is 6.98. The van der Waals surface area contributed by atoms with Crippen LogP contribution in [0.3, 0.4) is 0 Å². The highest BCUT2D eigenvalue weighted by Gasteiger charge is 2.26. The molecule has 4 aromatic rings. The van der Waals surface area contributed by atoms with Gasteiger partial charge >= 0.3 is 5.69 Å². The maximum Gasteiger partial charge on any atom is 0.329 e. The van der Waals surface area contributed by atoms with Crippen LogP contribution in [0.4, 0.5) is 4.39 Å². The van der Waals surface area contributed by atoms with Crippen molar-refractivity contribution in [3.8, 4) is 0 Å². The summed E-state index contributed by atoms with van der Waals surface area (Å²) < 4.78 is 16.8. The zero-order valence-electron chi connectivity index (χ0n) is 20.1. The Morgan fingerprint density at radius 1 is 0.865 bits per heavy atom. The van der Waals surface area contributed by atoms with E-state index < -0.39 is 0 Å². The third-order valence-corrected chi connectivity index (χ3v) is 7.72. The lowest BCUT2D eigenvalue weighted by atomic mass is 9.89. The normalized spacial score (nSPS) is 14.6. The number of imidazole rings is 1. The molecule has 1 saturated heterocycles. The molecule has 0 bridgehead atoms. The SMILES string of the molecule is Cl.O=C(c1ccc(F)cc1)C1CCN(CCn2c(=O)n(Cc3ccc(Cl)c(Cl)c3)c3ccccc32)CC1. The molecule has 1 aliphatic heterocycles. The highest BCUT2D eigenvalue weighted by molar-refractivity contribution is 6.42. The van der Waals surface area contributed by atoms with Gasteiger partial charge in [0.1, 0.15) is 5.82 Å². The lowest BCUT2D eigenvalue weighted by Gasteiger charge is -2.31. The number of likely N-dealkylation sites (tertiary alicyclic amines) is 1. The summed E-state index contributed by atoms with van der Waals surface area (Å²) in [5.74, 6) is -0.311. The molecule has 0 atom stereocenters. The van der Waals surface area contributed by atoms with Gasteiger partial charge in [-0.1, -0.05) is 41.4 Å². The zero-order valence-corrected chi connectivity index (χ0v) is 22.4. The first-order valence-corrected chi connectivity index (χ1v) is 12.8. The quantitative estimate of drug-likeness (QED) is 0.248. The number of rotatable bonds is 7. The molecule has 0 aliphatic carbocycles. The molecule has 1 fully saturated rings. The van der Waals surface area contributed by atoms with Gasteiger partial charge in [-0.3, -0.25) is 13.9 Å².